The first-order chi connectivity index (χ1) is 18.3. The molecule has 4 rings (SSSR count). The zero-order valence-electron chi connectivity index (χ0n) is 22.4. The predicted molar refractivity (Wildman–Crippen MR) is 139 cm³/mol. The van der Waals surface area contributed by atoms with Crippen LogP contribution in [-0.4, -0.2) is 94.5 Å². The van der Waals surface area contributed by atoms with Gasteiger partial charge in [-0.25, -0.2) is 0 Å². The highest BCUT2D eigenvalue weighted by molar-refractivity contribution is 7.86. The highest BCUT2D eigenvalue weighted by Gasteiger charge is 2.60. The number of nitro benzene ring substituents is 1. The molecule has 3 fully saturated rings. The van der Waals surface area contributed by atoms with E-state index in [-0.39, 0.29) is 48.2 Å². The number of benzene rings is 1. The van der Waals surface area contributed by atoms with E-state index in [4.69, 9.17) is 0 Å². The third kappa shape index (κ3) is 5.42. The largest absolute Gasteiger partial charge is 0.394 e. The number of likely N-dealkylation sites (N-methyl/N-ethyl adjacent to an activating group) is 1. The van der Waals surface area contributed by atoms with Gasteiger partial charge in [-0.1, -0.05) is 32.9 Å². The van der Waals surface area contributed by atoms with Crippen LogP contribution in [-0.2, 0) is 31.0 Å². The fourth-order valence-corrected chi connectivity index (χ4v) is 7.52. The summed E-state index contributed by atoms with van der Waals surface area (Å²) in [6.07, 6.45) is 0.525. The normalized spacial score (nSPS) is 29.4. The lowest BCUT2D eigenvalue weighted by Crippen LogP contribution is -2.51. The molecule has 0 aromatic heterocycles. The Labute approximate surface area is 227 Å². The number of rotatable bonds is 10. The number of carbonyl (C=O) groups is 3. The molecule has 2 heterocycles. The van der Waals surface area contributed by atoms with E-state index in [1.54, 1.807) is 6.92 Å². The molecule has 1 unspecified atom stereocenters. The van der Waals surface area contributed by atoms with Gasteiger partial charge in [0, 0.05) is 31.6 Å². The van der Waals surface area contributed by atoms with Gasteiger partial charge in [-0.2, -0.15) is 17.0 Å². The van der Waals surface area contributed by atoms with Crippen molar-refractivity contribution in [3.05, 3.63) is 39.9 Å². The number of amides is 3. The Balaban J connectivity index is 1.38. The van der Waals surface area contributed by atoms with Crippen LogP contribution in [0.2, 0.25) is 0 Å². The SMILES string of the molecule is C[C@@H]1C(=O)N(C(=O)C2[C@@H](C)[C@H]2C)[C@H]2CCN(S(=O)(=O)N(C)CC(=O)N[C@@H](CO)Cc3ccc([N+](=O)[O-])cc3)[C@H]12. The lowest BCUT2D eigenvalue weighted by Gasteiger charge is -2.29. The van der Waals surface area contributed by atoms with Gasteiger partial charge in [0.2, 0.25) is 17.7 Å². The summed E-state index contributed by atoms with van der Waals surface area (Å²) in [6.45, 7) is 4.75. The summed E-state index contributed by atoms with van der Waals surface area (Å²) in [6, 6.07) is 3.73. The molecule has 13 nitrogen and oxygen atoms in total. The Morgan fingerprint density at radius 3 is 2.36 bits per heavy atom. The minimum Gasteiger partial charge on any atom is -0.394 e. The Morgan fingerprint density at radius 2 is 1.82 bits per heavy atom. The van der Waals surface area contributed by atoms with E-state index in [0.717, 1.165) is 4.31 Å². The van der Waals surface area contributed by atoms with Crippen LogP contribution < -0.4 is 5.32 Å². The number of imide groups is 1. The summed E-state index contributed by atoms with van der Waals surface area (Å²) in [5, 5.41) is 23.2. The molecule has 0 bridgehead atoms. The molecule has 0 spiro atoms. The number of non-ortho nitro benzene ring substituents is 1. The first kappa shape index (κ1) is 29.1. The first-order valence-electron chi connectivity index (χ1n) is 13.0. The number of aliphatic hydroxyl groups is 1. The molecule has 214 valence electrons. The van der Waals surface area contributed by atoms with Crippen LogP contribution in [0.3, 0.4) is 0 Å². The molecule has 1 aliphatic carbocycles. The number of likely N-dealkylation sites (tertiary alicyclic amines) is 1. The molecule has 14 heteroatoms. The highest BCUT2D eigenvalue weighted by Crippen LogP contribution is 2.49. The molecule has 2 saturated heterocycles. The van der Waals surface area contributed by atoms with Crippen LogP contribution >= 0.6 is 0 Å². The lowest BCUT2D eigenvalue weighted by molar-refractivity contribution is -0.384. The minimum atomic E-state index is -4.14. The highest BCUT2D eigenvalue weighted by atomic mass is 32.2. The molecule has 3 aliphatic rings. The number of aliphatic hydroxyl groups excluding tert-OH is 1. The van der Waals surface area contributed by atoms with Crippen LogP contribution in [0.5, 0.6) is 0 Å². The van der Waals surface area contributed by atoms with Gasteiger partial charge in [-0.15, -0.1) is 0 Å². The van der Waals surface area contributed by atoms with Crippen molar-refractivity contribution in [3.8, 4) is 0 Å². The van der Waals surface area contributed by atoms with Crippen LogP contribution in [0, 0.1) is 33.8 Å². The van der Waals surface area contributed by atoms with E-state index in [9.17, 15) is 38.0 Å². The first-order valence-corrected chi connectivity index (χ1v) is 14.4. The van der Waals surface area contributed by atoms with E-state index in [1.165, 1.54) is 40.5 Å². The van der Waals surface area contributed by atoms with Gasteiger partial charge in [0.1, 0.15) is 0 Å². The average molecular weight is 566 g/mol. The van der Waals surface area contributed by atoms with Gasteiger partial charge < -0.3 is 10.4 Å². The molecule has 1 aromatic rings. The Hall–Kier alpha value is -2.94. The van der Waals surface area contributed by atoms with Crippen LogP contribution in [0.1, 0.15) is 32.8 Å². The van der Waals surface area contributed by atoms with Gasteiger partial charge in [0.25, 0.3) is 15.9 Å². The van der Waals surface area contributed by atoms with Crippen LogP contribution in [0.15, 0.2) is 24.3 Å². The van der Waals surface area contributed by atoms with Crippen molar-refractivity contribution in [2.45, 2.75) is 51.7 Å². The molecule has 7 atom stereocenters. The van der Waals surface area contributed by atoms with Crippen molar-refractivity contribution >= 4 is 33.6 Å². The lowest BCUT2D eigenvalue weighted by atomic mass is 10.0. The summed E-state index contributed by atoms with van der Waals surface area (Å²) in [5.41, 5.74) is 0.569. The van der Waals surface area contributed by atoms with E-state index in [2.05, 4.69) is 5.32 Å². The van der Waals surface area contributed by atoms with Crippen molar-refractivity contribution in [2.75, 3.05) is 26.7 Å². The number of nitro groups is 1. The zero-order chi connectivity index (χ0) is 28.8. The van der Waals surface area contributed by atoms with Gasteiger partial charge in [0.15, 0.2) is 0 Å². The fraction of sp³-hybridized carbons (Fsp3) is 0.640. The van der Waals surface area contributed by atoms with Crippen LogP contribution in [0.25, 0.3) is 0 Å². The van der Waals surface area contributed by atoms with Crippen LogP contribution in [0.4, 0.5) is 5.69 Å². The second-order valence-corrected chi connectivity index (χ2v) is 12.9. The molecule has 2 aliphatic heterocycles. The van der Waals surface area contributed by atoms with E-state index >= 15 is 0 Å². The number of nitrogens with one attached hydrogen (secondary N) is 1. The molecule has 1 aromatic carbocycles. The topological polar surface area (TPSA) is 170 Å². The molecule has 39 heavy (non-hydrogen) atoms. The van der Waals surface area contributed by atoms with E-state index in [0.29, 0.717) is 12.0 Å². The Morgan fingerprint density at radius 1 is 1.21 bits per heavy atom. The van der Waals surface area contributed by atoms with Crippen molar-refractivity contribution in [2.24, 2.45) is 23.7 Å². The number of hydrogen-bond acceptors (Lipinski definition) is 8. The maximum absolute atomic E-state index is 13.5. The van der Waals surface area contributed by atoms with Crippen molar-refractivity contribution in [1.82, 2.24) is 18.8 Å². The smallest absolute Gasteiger partial charge is 0.282 e. The molecular weight excluding hydrogens is 530 g/mol. The standard InChI is InChI=1S/C25H35N5O8S/c1-14-15(2)22(14)25(34)29-20-9-10-28(23(20)16(3)24(29)33)39(37,38)27(4)12-21(32)26-18(13-31)11-17-5-7-19(8-6-17)30(35)36/h5-8,14-16,18,20,22-23,31H,9-13H2,1-4H3,(H,26,32)/t14-,15+,16-,18+,20-,22?,23+/m0/s1. The molecule has 1 saturated carbocycles. The van der Waals surface area contributed by atoms with Gasteiger partial charge in [-0.3, -0.25) is 29.4 Å². The third-order valence-corrected chi connectivity index (χ3v) is 10.4. The Bertz CT molecular complexity index is 1250. The average Bonchev–Trinajstić information content (AvgIpc) is 3.17. The monoisotopic (exact) mass is 565 g/mol. The van der Waals surface area contributed by atoms with E-state index in [1.807, 2.05) is 13.8 Å². The summed E-state index contributed by atoms with van der Waals surface area (Å²) in [4.78, 5) is 50.4. The van der Waals surface area contributed by atoms with Gasteiger partial charge >= 0.3 is 0 Å². The third-order valence-electron chi connectivity index (χ3n) is 8.46. The van der Waals surface area contributed by atoms with Crippen molar-refractivity contribution in [3.63, 3.8) is 0 Å². The van der Waals surface area contributed by atoms with Gasteiger partial charge in [-0.05, 0) is 30.2 Å². The Kier molecular flexibility index (Phi) is 8.13. The summed E-state index contributed by atoms with van der Waals surface area (Å²) in [7, 11) is -2.88. The summed E-state index contributed by atoms with van der Waals surface area (Å²) < 4.78 is 29.1. The number of carbonyl (C=O) groups excluding carboxylic acids is 3. The fourth-order valence-electron chi connectivity index (χ4n) is 5.91. The van der Waals surface area contributed by atoms with Gasteiger partial charge in [0.05, 0.1) is 42.1 Å². The summed E-state index contributed by atoms with van der Waals surface area (Å²) >= 11 is 0. The van der Waals surface area contributed by atoms with E-state index < -0.39 is 58.2 Å². The second kappa shape index (κ2) is 10.9. The number of fused-ring (bicyclic) bond motifs is 1. The molecular formula is C25H35N5O8S. The second-order valence-electron chi connectivity index (χ2n) is 10.9. The molecule has 3 amide bonds. The maximum Gasteiger partial charge on any atom is 0.282 e. The maximum atomic E-state index is 13.5. The quantitative estimate of drug-likeness (QED) is 0.229. The zero-order valence-corrected chi connectivity index (χ0v) is 23.2. The number of hydrogen-bond donors (Lipinski definition) is 2. The van der Waals surface area contributed by atoms with Crippen molar-refractivity contribution < 1.29 is 32.8 Å². The van der Waals surface area contributed by atoms with Crippen molar-refractivity contribution in [1.29, 1.82) is 0 Å². The molecule has 2 N–H and O–H groups in total. The number of nitrogens with zero attached hydrogens (tertiary/aromatic N) is 4. The minimum absolute atomic E-state index is 0.0817. The molecule has 0 radical (unpaired) electrons. The summed E-state index contributed by atoms with van der Waals surface area (Å²) in [5.74, 6) is -1.76. The predicted octanol–water partition coefficient (Wildman–Crippen LogP) is 0.141.